The summed E-state index contributed by atoms with van der Waals surface area (Å²) in [4.78, 5) is 0. The fraction of sp³-hybridized carbons (Fsp3) is 0.125. The maximum absolute atomic E-state index is 9.46. The van der Waals surface area contributed by atoms with E-state index in [4.69, 9.17) is 4.74 Å². The normalized spacial score (nSPS) is 11.3. The number of nitrogens with one attached hydrogen (secondary N) is 1. The maximum Gasteiger partial charge on any atom is 0.131 e. The van der Waals surface area contributed by atoms with Crippen molar-refractivity contribution in [2.75, 3.05) is 13.6 Å². The van der Waals surface area contributed by atoms with Crippen LogP contribution in [-0.2, 0) is 0 Å². The molecule has 2 aromatic carbocycles. The van der Waals surface area contributed by atoms with Crippen LogP contribution in [0.5, 0.6) is 11.5 Å². The standard InChI is InChI=1S/C16H17NO2/c1-17-11-10-16(13-6-3-2-4-7-13)19-15-9-5-8-14(18)12-15/h2-10,12,17-18H,11H2,1H3/b16-10-. The number of phenolic OH excluding ortho intramolecular Hbond substituents is 1. The zero-order chi connectivity index (χ0) is 13.5. The predicted octanol–water partition coefficient (Wildman–Crippen LogP) is 3.03. The lowest BCUT2D eigenvalue weighted by atomic mass is 10.2. The first-order chi connectivity index (χ1) is 9.29. The van der Waals surface area contributed by atoms with Gasteiger partial charge < -0.3 is 15.2 Å². The highest BCUT2D eigenvalue weighted by molar-refractivity contribution is 5.62. The van der Waals surface area contributed by atoms with Gasteiger partial charge in [-0.2, -0.15) is 0 Å². The molecule has 0 saturated heterocycles. The summed E-state index contributed by atoms with van der Waals surface area (Å²) in [6.07, 6.45) is 1.97. The van der Waals surface area contributed by atoms with E-state index in [-0.39, 0.29) is 5.75 Å². The van der Waals surface area contributed by atoms with E-state index in [0.29, 0.717) is 12.3 Å². The third kappa shape index (κ3) is 3.86. The van der Waals surface area contributed by atoms with E-state index in [1.807, 2.05) is 49.5 Å². The molecule has 2 N–H and O–H groups in total. The van der Waals surface area contributed by atoms with Crippen LogP contribution in [0.1, 0.15) is 5.56 Å². The molecule has 98 valence electrons. The van der Waals surface area contributed by atoms with Gasteiger partial charge in [0.05, 0.1) is 0 Å². The first-order valence-electron chi connectivity index (χ1n) is 6.16. The Morgan fingerprint density at radius 1 is 1.16 bits per heavy atom. The highest BCUT2D eigenvalue weighted by Crippen LogP contribution is 2.23. The second-order valence-corrected chi connectivity index (χ2v) is 4.09. The summed E-state index contributed by atoms with van der Waals surface area (Å²) < 4.78 is 5.84. The number of hydrogen-bond donors (Lipinski definition) is 2. The van der Waals surface area contributed by atoms with Crippen molar-refractivity contribution in [1.29, 1.82) is 0 Å². The van der Waals surface area contributed by atoms with Crippen LogP contribution < -0.4 is 10.1 Å². The third-order valence-electron chi connectivity index (χ3n) is 2.60. The van der Waals surface area contributed by atoms with Crippen LogP contribution in [-0.4, -0.2) is 18.7 Å². The number of ether oxygens (including phenoxy) is 1. The van der Waals surface area contributed by atoms with Gasteiger partial charge in [-0.25, -0.2) is 0 Å². The van der Waals surface area contributed by atoms with Gasteiger partial charge in [-0.1, -0.05) is 36.4 Å². The highest BCUT2D eigenvalue weighted by Gasteiger charge is 2.04. The molecule has 0 unspecified atom stereocenters. The molecule has 0 spiro atoms. The van der Waals surface area contributed by atoms with Crippen LogP contribution >= 0.6 is 0 Å². The topological polar surface area (TPSA) is 41.5 Å². The largest absolute Gasteiger partial charge is 0.508 e. The van der Waals surface area contributed by atoms with Crippen LogP contribution in [0.15, 0.2) is 60.7 Å². The van der Waals surface area contributed by atoms with Crippen LogP contribution in [0.25, 0.3) is 5.76 Å². The summed E-state index contributed by atoms with van der Waals surface area (Å²) >= 11 is 0. The molecule has 0 aliphatic carbocycles. The quantitative estimate of drug-likeness (QED) is 0.807. The number of rotatable bonds is 5. The maximum atomic E-state index is 9.46. The molecule has 0 saturated carbocycles. The zero-order valence-electron chi connectivity index (χ0n) is 10.8. The minimum atomic E-state index is 0.193. The van der Waals surface area contributed by atoms with E-state index < -0.39 is 0 Å². The number of hydrogen-bond acceptors (Lipinski definition) is 3. The van der Waals surface area contributed by atoms with Gasteiger partial charge in [-0.15, -0.1) is 0 Å². The Hall–Kier alpha value is -2.26. The molecule has 0 aliphatic rings. The van der Waals surface area contributed by atoms with Crippen molar-refractivity contribution in [3.05, 3.63) is 66.2 Å². The van der Waals surface area contributed by atoms with Crippen molar-refractivity contribution in [1.82, 2.24) is 5.32 Å². The molecular formula is C16H17NO2. The fourth-order valence-corrected chi connectivity index (χ4v) is 1.69. The summed E-state index contributed by atoms with van der Waals surface area (Å²) in [6.45, 7) is 0.711. The Balaban J connectivity index is 2.24. The number of phenols is 1. The van der Waals surface area contributed by atoms with E-state index in [1.54, 1.807) is 18.2 Å². The van der Waals surface area contributed by atoms with E-state index >= 15 is 0 Å². The van der Waals surface area contributed by atoms with Gasteiger partial charge >= 0.3 is 0 Å². The Morgan fingerprint density at radius 2 is 1.95 bits per heavy atom. The van der Waals surface area contributed by atoms with Gasteiger partial charge in [0.1, 0.15) is 17.3 Å². The molecule has 0 radical (unpaired) electrons. The number of aromatic hydroxyl groups is 1. The molecule has 0 amide bonds. The molecule has 3 heteroatoms. The second-order valence-electron chi connectivity index (χ2n) is 4.09. The SMILES string of the molecule is CNC/C=C(\Oc1cccc(O)c1)c1ccccc1. The molecule has 2 rings (SSSR count). The summed E-state index contributed by atoms with van der Waals surface area (Å²) in [5, 5.41) is 12.5. The molecule has 0 heterocycles. The lowest BCUT2D eigenvalue weighted by Crippen LogP contribution is -2.07. The fourth-order valence-electron chi connectivity index (χ4n) is 1.69. The van der Waals surface area contributed by atoms with Crippen LogP contribution in [0.4, 0.5) is 0 Å². The zero-order valence-corrected chi connectivity index (χ0v) is 10.8. The van der Waals surface area contributed by atoms with E-state index in [2.05, 4.69) is 5.32 Å². The lowest BCUT2D eigenvalue weighted by Gasteiger charge is -2.11. The third-order valence-corrected chi connectivity index (χ3v) is 2.60. The van der Waals surface area contributed by atoms with E-state index in [0.717, 1.165) is 11.3 Å². The van der Waals surface area contributed by atoms with E-state index in [9.17, 15) is 5.11 Å². The molecular weight excluding hydrogens is 238 g/mol. The minimum absolute atomic E-state index is 0.193. The van der Waals surface area contributed by atoms with Crippen molar-refractivity contribution in [2.24, 2.45) is 0 Å². The molecule has 0 atom stereocenters. The van der Waals surface area contributed by atoms with Gasteiger partial charge in [0, 0.05) is 18.2 Å². The van der Waals surface area contributed by atoms with Gasteiger partial charge in [0.25, 0.3) is 0 Å². The van der Waals surface area contributed by atoms with Crippen LogP contribution in [0.3, 0.4) is 0 Å². The number of benzene rings is 2. The van der Waals surface area contributed by atoms with Crippen molar-refractivity contribution >= 4 is 5.76 Å². The van der Waals surface area contributed by atoms with Crippen LogP contribution in [0.2, 0.25) is 0 Å². The average Bonchev–Trinajstić information content (AvgIpc) is 2.44. The molecule has 19 heavy (non-hydrogen) atoms. The van der Waals surface area contributed by atoms with E-state index in [1.165, 1.54) is 0 Å². The molecule has 0 fully saturated rings. The lowest BCUT2D eigenvalue weighted by molar-refractivity contribution is 0.464. The van der Waals surface area contributed by atoms with Crippen LogP contribution in [0, 0.1) is 0 Å². The summed E-state index contributed by atoms with van der Waals surface area (Å²) in [5.74, 6) is 1.57. The number of likely N-dealkylation sites (N-methyl/N-ethyl adjacent to an activating group) is 1. The smallest absolute Gasteiger partial charge is 0.131 e. The first-order valence-corrected chi connectivity index (χ1v) is 6.16. The molecule has 2 aromatic rings. The Bertz CT molecular complexity index is 550. The molecule has 0 aromatic heterocycles. The van der Waals surface area contributed by atoms with Gasteiger partial charge in [-0.05, 0) is 25.3 Å². The minimum Gasteiger partial charge on any atom is -0.508 e. The molecule has 3 nitrogen and oxygen atoms in total. The summed E-state index contributed by atoms with van der Waals surface area (Å²) in [7, 11) is 1.88. The van der Waals surface area contributed by atoms with Crippen molar-refractivity contribution in [3.63, 3.8) is 0 Å². The van der Waals surface area contributed by atoms with Gasteiger partial charge in [-0.3, -0.25) is 0 Å². The second kappa shape index (κ2) is 6.61. The summed E-state index contributed by atoms with van der Waals surface area (Å²) in [6, 6.07) is 16.7. The van der Waals surface area contributed by atoms with Gasteiger partial charge in [0.15, 0.2) is 0 Å². The van der Waals surface area contributed by atoms with Crippen molar-refractivity contribution in [3.8, 4) is 11.5 Å². The molecule has 0 bridgehead atoms. The predicted molar refractivity (Wildman–Crippen MR) is 77.1 cm³/mol. The van der Waals surface area contributed by atoms with Crippen molar-refractivity contribution in [2.45, 2.75) is 0 Å². The average molecular weight is 255 g/mol. The monoisotopic (exact) mass is 255 g/mol. The highest BCUT2D eigenvalue weighted by atomic mass is 16.5. The van der Waals surface area contributed by atoms with Crippen molar-refractivity contribution < 1.29 is 9.84 Å². The summed E-state index contributed by atoms with van der Waals surface area (Å²) in [5.41, 5.74) is 1.00. The Morgan fingerprint density at radius 3 is 2.63 bits per heavy atom. The van der Waals surface area contributed by atoms with Gasteiger partial charge in [0.2, 0.25) is 0 Å². The molecule has 0 aliphatic heterocycles. The Kier molecular flexibility index (Phi) is 4.59. The Labute approximate surface area is 113 Å². The first kappa shape index (κ1) is 13.2.